The zero-order valence-corrected chi connectivity index (χ0v) is 13.0. The first kappa shape index (κ1) is 15.3. The number of nitrogens with one attached hydrogen (secondary N) is 1. The second kappa shape index (κ2) is 7.09. The van der Waals surface area contributed by atoms with Gasteiger partial charge in [0.15, 0.2) is 0 Å². The molecule has 0 amide bonds. The molecule has 0 bridgehead atoms. The summed E-state index contributed by atoms with van der Waals surface area (Å²) in [6, 6.07) is 7.25. The first-order chi connectivity index (χ1) is 9.60. The second-order valence-corrected chi connectivity index (χ2v) is 6.28. The summed E-state index contributed by atoms with van der Waals surface area (Å²) >= 11 is 0. The maximum atomic E-state index is 9.26. The van der Waals surface area contributed by atoms with Crippen molar-refractivity contribution in [2.75, 3.05) is 24.6 Å². The summed E-state index contributed by atoms with van der Waals surface area (Å²) in [4.78, 5) is 2.48. The molecule has 0 spiro atoms. The molecule has 0 radical (unpaired) electrons. The molecule has 2 rings (SSSR count). The predicted octanol–water partition coefficient (Wildman–Crippen LogP) is 2.70. The fourth-order valence-electron chi connectivity index (χ4n) is 2.83. The molecule has 1 aromatic carbocycles. The molecule has 112 valence electrons. The summed E-state index contributed by atoms with van der Waals surface area (Å²) < 4.78 is 0. The van der Waals surface area contributed by atoms with E-state index < -0.39 is 0 Å². The van der Waals surface area contributed by atoms with Crippen LogP contribution in [0.25, 0.3) is 0 Å². The largest absolute Gasteiger partial charge is 0.396 e. The van der Waals surface area contributed by atoms with Gasteiger partial charge >= 0.3 is 0 Å². The minimum Gasteiger partial charge on any atom is -0.396 e. The van der Waals surface area contributed by atoms with E-state index in [1.54, 1.807) is 0 Å². The SMILES string of the molecule is Cc1ccc(N2CCC(CO)CC2)c(CNC(C)C)c1. The average molecular weight is 276 g/mol. The maximum absolute atomic E-state index is 9.26. The van der Waals surface area contributed by atoms with Crippen LogP contribution in [-0.2, 0) is 6.54 Å². The highest BCUT2D eigenvalue weighted by Gasteiger charge is 2.20. The van der Waals surface area contributed by atoms with Gasteiger partial charge in [0.25, 0.3) is 0 Å². The van der Waals surface area contributed by atoms with Crippen LogP contribution in [0.3, 0.4) is 0 Å². The van der Waals surface area contributed by atoms with Gasteiger partial charge in [-0.2, -0.15) is 0 Å². The third-order valence-corrected chi connectivity index (χ3v) is 4.15. The quantitative estimate of drug-likeness (QED) is 0.868. The Bertz CT molecular complexity index is 423. The number of hydrogen-bond donors (Lipinski definition) is 2. The lowest BCUT2D eigenvalue weighted by Gasteiger charge is -2.34. The van der Waals surface area contributed by atoms with Crippen molar-refractivity contribution >= 4 is 5.69 Å². The van der Waals surface area contributed by atoms with Gasteiger partial charge in [-0.1, -0.05) is 31.5 Å². The molecule has 0 saturated carbocycles. The van der Waals surface area contributed by atoms with Crippen molar-refractivity contribution in [1.82, 2.24) is 5.32 Å². The number of hydrogen-bond acceptors (Lipinski definition) is 3. The van der Waals surface area contributed by atoms with E-state index in [2.05, 4.69) is 49.2 Å². The molecule has 1 heterocycles. The molecule has 3 nitrogen and oxygen atoms in total. The molecule has 0 atom stereocenters. The van der Waals surface area contributed by atoms with Gasteiger partial charge in [-0.15, -0.1) is 0 Å². The van der Waals surface area contributed by atoms with Crippen molar-refractivity contribution in [2.45, 2.75) is 46.2 Å². The monoisotopic (exact) mass is 276 g/mol. The standard InChI is InChI=1S/C17H28N2O/c1-13(2)18-11-16-10-14(3)4-5-17(16)19-8-6-15(12-20)7-9-19/h4-5,10,13,15,18,20H,6-9,11-12H2,1-3H3. The lowest BCUT2D eigenvalue weighted by Crippen LogP contribution is -2.35. The fourth-order valence-corrected chi connectivity index (χ4v) is 2.83. The minimum atomic E-state index is 0.337. The maximum Gasteiger partial charge on any atom is 0.0460 e. The van der Waals surface area contributed by atoms with Crippen molar-refractivity contribution in [2.24, 2.45) is 5.92 Å². The third kappa shape index (κ3) is 3.97. The van der Waals surface area contributed by atoms with Crippen LogP contribution in [0.4, 0.5) is 5.69 Å². The van der Waals surface area contributed by atoms with Gasteiger partial charge in [-0.25, -0.2) is 0 Å². The summed E-state index contributed by atoms with van der Waals surface area (Å²) in [5.41, 5.74) is 4.07. The summed E-state index contributed by atoms with van der Waals surface area (Å²) in [6.07, 6.45) is 2.20. The van der Waals surface area contributed by atoms with E-state index in [-0.39, 0.29) is 0 Å². The van der Waals surface area contributed by atoms with Crippen LogP contribution in [-0.4, -0.2) is 30.8 Å². The smallest absolute Gasteiger partial charge is 0.0460 e. The van der Waals surface area contributed by atoms with Crippen molar-refractivity contribution in [3.05, 3.63) is 29.3 Å². The van der Waals surface area contributed by atoms with Gasteiger partial charge in [-0.05, 0) is 37.3 Å². The van der Waals surface area contributed by atoms with Crippen LogP contribution >= 0.6 is 0 Å². The number of anilines is 1. The Labute approximate surface area is 123 Å². The van der Waals surface area contributed by atoms with E-state index in [4.69, 9.17) is 0 Å². The highest BCUT2D eigenvalue weighted by molar-refractivity contribution is 5.55. The number of rotatable bonds is 5. The van der Waals surface area contributed by atoms with Crippen LogP contribution < -0.4 is 10.2 Å². The number of aliphatic hydroxyl groups excluding tert-OH is 1. The Morgan fingerprint density at radius 1 is 1.30 bits per heavy atom. The second-order valence-electron chi connectivity index (χ2n) is 6.28. The molecule has 3 heteroatoms. The first-order valence-electron chi connectivity index (χ1n) is 7.79. The Balaban J connectivity index is 2.10. The van der Waals surface area contributed by atoms with Crippen LogP contribution in [0.2, 0.25) is 0 Å². The zero-order chi connectivity index (χ0) is 14.5. The highest BCUT2D eigenvalue weighted by Crippen LogP contribution is 2.27. The van der Waals surface area contributed by atoms with E-state index in [9.17, 15) is 5.11 Å². The van der Waals surface area contributed by atoms with Gasteiger partial charge in [0, 0.05) is 38.0 Å². The predicted molar refractivity (Wildman–Crippen MR) is 85.2 cm³/mol. The molecule has 0 aromatic heterocycles. The molecule has 0 aliphatic carbocycles. The van der Waals surface area contributed by atoms with Gasteiger partial charge in [0.2, 0.25) is 0 Å². The van der Waals surface area contributed by atoms with Crippen LogP contribution in [0.15, 0.2) is 18.2 Å². The summed E-state index contributed by atoms with van der Waals surface area (Å²) in [7, 11) is 0. The summed E-state index contributed by atoms with van der Waals surface area (Å²) in [6.45, 7) is 9.90. The van der Waals surface area contributed by atoms with Gasteiger partial charge < -0.3 is 15.3 Å². The highest BCUT2D eigenvalue weighted by atomic mass is 16.3. The Hall–Kier alpha value is -1.06. The first-order valence-corrected chi connectivity index (χ1v) is 7.79. The molecule has 1 aliphatic heterocycles. The molecular weight excluding hydrogens is 248 g/mol. The average Bonchev–Trinajstić information content (AvgIpc) is 2.45. The van der Waals surface area contributed by atoms with Crippen LogP contribution in [0.5, 0.6) is 0 Å². The van der Waals surface area contributed by atoms with Crippen molar-refractivity contribution in [1.29, 1.82) is 0 Å². The van der Waals surface area contributed by atoms with Crippen molar-refractivity contribution < 1.29 is 5.11 Å². The molecule has 20 heavy (non-hydrogen) atoms. The van der Waals surface area contributed by atoms with Crippen molar-refractivity contribution in [3.63, 3.8) is 0 Å². The number of benzene rings is 1. The van der Waals surface area contributed by atoms with E-state index in [0.29, 0.717) is 18.6 Å². The van der Waals surface area contributed by atoms with Crippen LogP contribution in [0.1, 0.15) is 37.8 Å². The topological polar surface area (TPSA) is 35.5 Å². The molecule has 1 aromatic rings. The lowest BCUT2D eigenvalue weighted by molar-refractivity contribution is 0.203. The number of aliphatic hydroxyl groups is 1. The fraction of sp³-hybridized carbons (Fsp3) is 0.647. The summed E-state index contributed by atoms with van der Waals surface area (Å²) in [5, 5.41) is 12.8. The van der Waals surface area contributed by atoms with Gasteiger partial charge in [0.1, 0.15) is 0 Å². The normalized spacial score (nSPS) is 16.9. The van der Waals surface area contributed by atoms with E-state index >= 15 is 0 Å². The van der Waals surface area contributed by atoms with E-state index in [0.717, 1.165) is 32.5 Å². The lowest BCUT2D eigenvalue weighted by atomic mass is 9.96. The molecule has 1 saturated heterocycles. The number of nitrogens with zero attached hydrogens (tertiary/aromatic N) is 1. The van der Waals surface area contributed by atoms with E-state index in [1.165, 1.54) is 16.8 Å². The Morgan fingerprint density at radius 2 is 2.00 bits per heavy atom. The molecule has 2 N–H and O–H groups in total. The number of piperidine rings is 1. The molecular formula is C17H28N2O. The van der Waals surface area contributed by atoms with Gasteiger partial charge in [0.05, 0.1) is 0 Å². The molecule has 0 unspecified atom stereocenters. The Morgan fingerprint density at radius 3 is 2.60 bits per heavy atom. The Kier molecular flexibility index (Phi) is 5.44. The number of aryl methyl sites for hydroxylation is 1. The molecule has 1 aliphatic rings. The van der Waals surface area contributed by atoms with Crippen molar-refractivity contribution in [3.8, 4) is 0 Å². The summed E-state index contributed by atoms with van der Waals surface area (Å²) in [5.74, 6) is 0.494. The minimum absolute atomic E-state index is 0.337. The molecule has 1 fully saturated rings. The zero-order valence-electron chi connectivity index (χ0n) is 13.0. The van der Waals surface area contributed by atoms with E-state index in [1.807, 2.05) is 0 Å². The van der Waals surface area contributed by atoms with Gasteiger partial charge in [-0.3, -0.25) is 0 Å². The van der Waals surface area contributed by atoms with Crippen LogP contribution in [0, 0.1) is 12.8 Å². The third-order valence-electron chi connectivity index (χ3n) is 4.15.